The van der Waals surface area contributed by atoms with Crippen LogP contribution in [0.25, 0.3) is 0 Å². The van der Waals surface area contributed by atoms with Gasteiger partial charge in [-0.3, -0.25) is 4.79 Å². The number of carboxylic acids is 2. The molecule has 2 N–H and O–H groups in total. The van der Waals surface area contributed by atoms with Gasteiger partial charge >= 0.3 is 11.9 Å². The van der Waals surface area contributed by atoms with E-state index in [9.17, 15) is 9.59 Å². The van der Waals surface area contributed by atoms with Crippen LogP contribution in [0.4, 0.5) is 0 Å². The van der Waals surface area contributed by atoms with E-state index in [2.05, 4.69) is 0 Å². The monoisotopic (exact) mass is 199 g/mol. The first-order valence-electron chi connectivity index (χ1n) is 3.84. The molecule has 76 valence electrons. The number of hydrogen-bond donors (Lipinski definition) is 2. The highest BCUT2D eigenvalue weighted by molar-refractivity contribution is 5.79. The Kier molecular flexibility index (Phi) is 3.11. The van der Waals surface area contributed by atoms with Crippen molar-refractivity contribution in [3.63, 3.8) is 0 Å². The van der Waals surface area contributed by atoms with Crippen LogP contribution in [0.5, 0.6) is 0 Å². The molecule has 1 heterocycles. The quantitative estimate of drug-likeness (QED) is 0.688. The van der Waals surface area contributed by atoms with Crippen LogP contribution < -0.4 is 4.84 Å². The molecular formula is C8H9NO5. The fourth-order valence-corrected chi connectivity index (χ4v) is 0.864. The number of aromatic nitrogens is 1. The lowest BCUT2D eigenvalue weighted by atomic mass is 10.2. The van der Waals surface area contributed by atoms with Gasteiger partial charge in [0.1, 0.15) is 0 Å². The lowest BCUT2D eigenvalue weighted by Crippen LogP contribution is -2.34. The fourth-order valence-electron chi connectivity index (χ4n) is 0.864. The predicted octanol–water partition coefficient (Wildman–Crippen LogP) is -0.155. The lowest BCUT2D eigenvalue weighted by Gasteiger charge is -2.12. The Balaban J connectivity index is 2.60. The second-order valence-corrected chi connectivity index (χ2v) is 2.57. The van der Waals surface area contributed by atoms with Gasteiger partial charge in [-0.05, 0) is 12.1 Å². The van der Waals surface area contributed by atoms with Gasteiger partial charge in [0.05, 0.1) is 6.42 Å². The third-order valence-corrected chi connectivity index (χ3v) is 1.46. The molecule has 0 saturated heterocycles. The van der Waals surface area contributed by atoms with Gasteiger partial charge in [-0.15, -0.1) is 0 Å². The molecule has 14 heavy (non-hydrogen) atoms. The van der Waals surface area contributed by atoms with Crippen molar-refractivity contribution < 1.29 is 24.6 Å². The second-order valence-electron chi connectivity index (χ2n) is 2.57. The van der Waals surface area contributed by atoms with E-state index in [0.29, 0.717) is 0 Å². The minimum absolute atomic E-state index is 0.576. The number of nitrogens with zero attached hydrogens (tertiary/aromatic N) is 1. The summed E-state index contributed by atoms with van der Waals surface area (Å²) in [6.45, 7) is 0. The number of rotatable bonds is 5. The van der Waals surface area contributed by atoms with Gasteiger partial charge in [-0.2, -0.15) is 4.73 Å². The molecule has 1 aromatic heterocycles. The van der Waals surface area contributed by atoms with Gasteiger partial charge in [-0.25, -0.2) is 4.79 Å². The summed E-state index contributed by atoms with van der Waals surface area (Å²) in [5, 5.41) is 17.0. The Labute approximate surface area is 79.3 Å². The summed E-state index contributed by atoms with van der Waals surface area (Å²) in [5.74, 6) is -2.52. The van der Waals surface area contributed by atoms with Gasteiger partial charge in [0.15, 0.2) is 0 Å². The highest BCUT2D eigenvalue weighted by Gasteiger charge is 2.23. The Bertz CT molecular complexity index is 318. The molecule has 0 aromatic carbocycles. The van der Waals surface area contributed by atoms with Crippen LogP contribution in [0.15, 0.2) is 24.5 Å². The number of carbonyl (C=O) groups is 2. The Morgan fingerprint density at radius 3 is 2.29 bits per heavy atom. The van der Waals surface area contributed by atoms with Gasteiger partial charge in [0, 0.05) is 12.4 Å². The van der Waals surface area contributed by atoms with E-state index >= 15 is 0 Å². The van der Waals surface area contributed by atoms with E-state index in [0.717, 1.165) is 4.73 Å². The van der Waals surface area contributed by atoms with E-state index < -0.39 is 24.5 Å². The molecule has 0 saturated carbocycles. The molecule has 0 aliphatic rings. The van der Waals surface area contributed by atoms with Crippen LogP contribution in [0.1, 0.15) is 6.42 Å². The third-order valence-electron chi connectivity index (χ3n) is 1.46. The highest BCUT2D eigenvalue weighted by Crippen LogP contribution is 1.97. The van der Waals surface area contributed by atoms with Crippen LogP contribution in [0.3, 0.4) is 0 Å². The topological polar surface area (TPSA) is 88.8 Å². The average Bonchev–Trinajstić information content (AvgIpc) is 2.54. The molecule has 0 aliphatic carbocycles. The molecule has 0 bridgehead atoms. The predicted molar refractivity (Wildman–Crippen MR) is 44.7 cm³/mol. The largest absolute Gasteiger partial charge is 0.481 e. The minimum Gasteiger partial charge on any atom is -0.481 e. The van der Waals surface area contributed by atoms with Crippen LogP contribution in [0, 0.1) is 0 Å². The first-order chi connectivity index (χ1) is 6.59. The summed E-state index contributed by atoms with van der Waals surface area (Å²) >= 11 is 0. The van der Waals surface area contributed by atoms with Crippen molar-refractivity contribution in [2.45, 2.75) is 12.5 Å². The van der Waals surface area contributed by atoms with Crippen molar-refractivity contribution in [2.24, 2.45) is 0 Å². The van der Waals surface area contributed by atoms with Crippen molar-refractivity contribution in [1.29, 1.82) is 0 Å². The maximum absolute atomic E-state index is 10.6. The van der Waals surface area contributed by atoms with E-state index in [-0.39, 0.29) is 0 Å². The maximum atomic E-state index is 10.6. The number of carboxylic acid groups (broad SMARTS) is 2. The molecule has 0 aliphatic heterocycles. The van der Waals surface area contributed by atoms with Crippen molar-refractivity contribution >= 4 is 11.9 Å². The summed E-state index contributed by atoms with van der Waals surface area (Å²) in [4.78, 5) is 25.7. The molecule has 6 heteroatoms. The zero-order chi connectivity index (χ0) is 10.6. The lowest BCUT2D eigenvalue weighted by molar-refractivity contribution is -0.157. The molecule has 0 amide bonds. The second kappa shape index (κ2) is 4.31. The summed E-state index contributed by atoms with van der Waals surface area (Å²) in [6, 6.07) is 3.28. The van der Waals surface area contributed by atoms with Crippen molar-refractivity contribution in [1.82, 2.24) is 4.73 Å². The smallest absolute Gasteiger partial charge is 0.348 e. The Morgan fingerprint density at radius 2 is 1.86 bits per heavy atom. The molecule has 0 spiro atoms. The normalized spacial score (nSPS) is 12.0. The maximum Gasteiger partial charge on any atom is 0.348 e. The van der Waals surface area contributed by atoms with Gasteiger partial charge in [0.25, 0.3) is 0 Å². The van der Waals surface area contributed by atoms with Gasteiger partial charge < -0.3 is 15.1 Å². The van der Waals surface area contributed by atoms with Gasteiger partial charge in [0.2, 0.25) is 6.10 Å². The molecule has 1 unspecified atom stereocenters. The van der Waals surface area contributed by atoms with Crippen LogP contribution in [-0.4, -0.2) is 33.0 Å². The SMILES string of the molecule is O=C(O)CC(On1cccc1)C(=O)O. The number of aliphatic carboxylic acids is 2. The van der Waals surface area contributed by atoms with E-state index in [1.807, 2.05) is 0 Å². The van der Waals surface area contributed by atoms with Crippen LogP contribution >= 0.6 is 0 Å². The van der Waals surface area contributed by atoms with Crippen molar-refractivity contribution in [3.8, 4) is 0 Å². The molecule has 6 nitrogen and oxygen atoms in total. The first kappa shape index (κ1) is 10.1. The fraction of sp³-hybridized carbons (Fsp3) is 0.250. The van der Waals surface area contributed by atoms with Crippen LogP contribution in [0.2, 0.25) is 0 Å². The van der Waals surface area contributed by atoms with E-state index in [1.165, 1.54) is 12.4 Å². The molecule has 0 radical (unpaired) electrons. The third kappa shape index (κ3) is 2.81. The summed E-state index contributed by atoms with van der Waals surface area (Å²) in [5.41, 5.74) is 0. The van der Waals surface area contributed by atoms with Crippen LogP contribution in [-0.2, 0) is 9.59 Å². The summed E-state index contributed by atoms with van der Waals surface area (Å²) < 4.78 is 1.15. The van der Waals surface area contributed by atoms with E-state index in [1.54, 1.807) is 12.1 Å². The summed E-state index contributed by atoms with van der Waals surface area (Å²) in [6.07, 6.45) is 1.02. The molecular weight excluding hydrogens is 190 g/mol. The van der Waals surface area contributed by atoms with Crippen molar-refractivity contribution in [3.05, 3.63) is 24.5 Å². The molecule has 0 fully saturated rings. The average molecular weight is 199 g/mol. The minimum atomic E-state index is -1.38. The van der Waals surface area contributed by atoms with Gasteiger partial charge in [-0.1, -0.05) is 0 Å². The molecule has 1 rings (SSSR count). The first-order valence-corrected chi connectivity index (χ1v) is 3.84. The Hall–Kier alpha value is -1.98. The molecule has 1 atom stereocenters. The van der Waals surface area contributed by atoms with Crippen molar-refractivity contribution in [2.75, 3.05) is 0 Å². The zero-order valence-corrected chi connectivity index (χ0v) is 7.16. The zero-order valence-electron chi connectivity index (χ0n) is 7.16. The highest BCUT2D eigenvalue weighted by atomic mass is 16.7. The standard InChI is InChI=1S/C8H9NO5/c10-7(11)5-6(8(12)13)14-9-3-1-2-4-9/h1-4,6H,5H2,(H,10,11)(H,12,13). The molecule has 1 aromatic rings. The Morgan fingerprint density at radius 1 is 1.29 bits per heavy atom. The number of hydrogen-bond acceptors (Lipinski definition) is 3. The summed E-state index contributed by atoms with van der Waals surface area (Å²) in [7, 11) is 0. The van der Waals surface area contributed by atoms with E-state index in [4.69, 9.17) is 15.1 Å².